The lowest BCUT2D eigenvalue weighted by Gasteiger charge is -2.19. The molecule has 0 bridgehead atoms. The number of rotatable bonds is 3. The van der Waals surface area contributed by atoms with Gasteiger partial charge in [0.05, 0.1) is 17.8 Å². The van der Waals surface area contributed by atoms with Crippen LogP contribution in [0, 0.1) is 6.92 Å². The van der Waals surface area contributed by atoms with Gasteiger partial charge in [0.1, 0.15) is 5.60 Å². The number of aromatic nitrogens is 1. The van der Waals surface area contributed by atoms with Crippen molar-refractivity contribution in [1.29, 1.82) is 0 Å². The first-order chi connectivity index (χ1) is 7.78. The molecule has 4 nitrogen and oxygen atoms in total. The molecular weight excluding hydrogens is 216 g/mol. The van der Waals surface area contributed by atoms with Crippen LogP contribution in [0.4, 0.5) is 5.69 Å². The summed E-state index contributed by atoms with van der Waals surface area (Å²) in [5.74, 6) is -0.222. The Morgan fingerprint density at radius 3 is 2.65 bits per heavy atom. The maximum absolute atomic E-state index is 11.5. The van der Waals surface area contributed by atoms with Crippen LogP contribution in [0.5, 0.6) is 0 Å². The van der Waals surface area contributed by atoms with Crippen molar-refractivity contribution in [1.82, 2.24) is 4.98 Å². The molecule has 0 amide bonds. The van der Waals surface area contributed by atoms with E-state index in [0.717, 1.165) is 11.4 Å². The first-order valence-electron chi connectivity index (χ1n) is 5.72. The molecule has 0 unspecified atom stereocenters. The van der Waals surface area contributed by atoms with Gasteiger partial charge in [-0.15, -0.1) is 0 Å². The van der Waals surface area contributed by atoms with Crippen LogP contribution < -0.4 is 5.73 Å². The topological polar surface area (TPSA) is 65.2 Å². The van der Waals surface area contributed by atoms with Crippen molar-refractivity contribution in [3.63, 3.8) is 0 Å². The fourth-order valence-corrected chi connectivity index (χ4v) is 1.43. The van der Waals surface area contributed by atoms with Gasteiger partial charge in [-0.3, -0.25) is 9.78 Å². The van der Waals surface area contributed by atoms with E-state index in [9.17, 15) is 4.79 Å². The van der Waals surface area contributed by atoms with Crippen molar-refractivity contribution in [3.05, 3.63) is 23.5 Å². The number of nitrogens with zero attached hydrogens (tertiary/aromatic N) is 1. The number of ether oxygens (including phenoxy) is 1. The van der Waals surface area contributed by atoms with Gasteiger partial charge in [0.15, 0.2) is 0 Å². The molecule has 1 heterocycles. The van der Waals surface area contributed by atoms with E-state index in [1.165, 1.54) is 0 Å². The number of esters is 1. The molecule has 17 heavy (non-hydrogen) atoms. The number of hydrogen-bond acceptors (Lipinski definition) is 4. The summed E-state index contributed by atoms with van der Waals surface area (Å²) in [6.45, 7) is 7.45. The first kappa shape index (κ1) is 13.5. The van der Waals surface area contributed by atoms with Gasteiger partial charge in [0.25, 0.3) is 0 Å². The number of pyridine rings is 1. The summed E-state index contributed by atoms with van der Waals surface area (Å²) < 4.78 is 5.22. The highest BCUT2D eigenvalue weighted by atomic mass is 16.6. The van der Waals surface area contributed by atoms with Crippen molar-refractivity contribution >= 4 is 11.7 Å². The lowest BCUT2D eigenvalue weighted by Crippen LogP contribution is -2.24. The predicted octanol–water partition coefficient (Wildman–Crippen LogP) is 2.25. The Hall–Kier alpha value is -1.58. The van der Waals surface area contributed by atoms with Gasteiger partial charge in [-0.05, 0) is 39.8 Å². The molecule has 1 rings (SSSR count). The average molecular weight is 236 g/mol. The highest BCUT2D eigenvalue weighted by Gasteiger charge is 2.16. The van der Waals surface area contributed by atoms with E-state index in [1.54, 1.807) is 0 Å². The maximum Gasteiger partial charge on any atom is 0.306 e. The first-order valence-corrected chi connectivity index (χ1v) is 5.72. The molecule has 94 valence electrons. The van der Waals surface area contributed by atoms with Crippen molar-refractivity contribution in [2.24, 2.45) is 0 Å². The van der Waals surface area contributed by atoms with Crippen LogP contribution in [-0.2, 0) is 16.0 Å². The lowest BCUT2D eigenvalue weighted by atomic mass is 10.1. The summed E-state index contributed by atoms with van der Waals surface area (Å²) in [5.41, 5.74) is 7.63. The Labute approximate surface area is 102 Å². The molecule has 0 aromatic carbocycles. The van der Waals surface area contributed by atoms with Gasteiger partial charge in [-0.25, -0.2) is 0 Å². The molecule has 0 spiro atoms. The summed E-state index contributed by atoms with van der Waals surface area (Å²) >= 11 is 0. The predicted molar refractivity (Wildman–Crippen MR) is 67.6 cm³/mol. The van der Waals surface area contributed by atoms with Crippen molar-refractivity contribution in [3.8, 4) is 0 Å². The maximum atomic E-state index is 11.5. The Morgan fingerprint density at radius 1 is 1.41 bits per heavy atom. The largest absolute Gasteiger partial charge is 0.460 e. The van der Waals surface area contributed by atoms with Crippen LogP contribution in [0.15, 0.2) is 12.1 Å². The molecule has 0 aliphatic carbocycles. The average Bonchev–Trinajstić information content (AvgIpc) is 2.17. The minimum absolute atomic E-state index is 0.222. The number of aryl methyl sites for hydroxylation is 2. The molecular formula is C13H20N2O2. The molecule has 0 atom stereocenters. The van der Waals surface area contributed by atoms with E-state index in [4.69, 9.17) is 10.5 Å². The second-order valence-electron chi connectivity index (χ2n) is 5.07. The van der Waals surface area contributed by atoms with E-state index in [2.05, 4.69) is 4.98 Å². The Bertz CT molecular complexity index is 408. The summed E-state index contributed by atoms with van der Waals surface area (Å²) in [7, 11) is 0. The van der Waals surface area contributed by atoms with Crippen LogP contribution in [0.25, 0.3) is 0 Å². The van der Waals surface area contributed by atoms with Gasteiger partial charge in [-0.2, -0.15) is 0 Å². The molecule has 0 fully saturated rings. The van der Waals surface area contributed by atoms with Gasteiger partial charge >= 0.3 is 5.97 Å². The molecule has 0 saturated heterocycles. The third kappa shape index (κ3) is 4.85. The molecule has 0 radical (unpaired) electrons. The van der Waals surface area contributed by atoms with E-state index in [1.807, 2.05) is 39.8 Å². The standard InChI is InChI=1S/C13H20N2O2/c1-9-5-6-10(14)11(15-9)7-8-12(16)17-13(2,3)4/h5-6H,7-8,14H2,1-4H3. The Morgan fingerprint density at radius 2 is 2.06 bits per heavy atom. The smallest absolute Gasteiger partial charge is 0.306 e. The van der Waals surface area contributed by atoms with Gasteiger partial charge in [-0.1, -0.05) is 0 Å². The molecule has 0 aliphatic heterocycles. The Balaban J connectivity index is 2.56. The molecule has 1 aromatic heterocycles. The zero-order chi connectivity index (χ0) is 13.1. The van der Waals surface area contributed by atoms with Crippen LogP contribution in [0.2, 0.25) is 0 Å². The number of nitrogens with two attached hydrogens (primary N) is 1. The highest BCUT2D eigenvalue weighted by Crippen LogP contribution is 2.14. The minimum Gasteiger partial charge on any atom is -0.460 e. The number of carbonyl (C=O) groups is 1. The number of hydrogen-bond donors (Lipinski definition) is 1. The summed E-state index contributed by atoms with van der Waals surface area (Å²) in [4.78, 5) is 15.8. The van der Waals surface area contributed by atoms with Crippen molar-refractivity contribution < 1.29 is 9.53 Å². The second kappa shape index (κ2) is 5.17. The molecule has 2 N–H and O–H groups in total. The zero-order valence-corrected chi connectivity index (χ0v) is 10.9. The molecule has 1 aromatic rings. The second-order valence-corrected chi connectivity index (χ2v) is 5.07. The molecule has 4 heteroatoms. The van der Waals surface area contributed by atoms with E-state index < -0.39 is 5.60 Å². The fraction of sp³-hybridized carbons (Fsp3) is 0.538. The zero-order valence-electron chi connectivity index (χ0n) is 10.9. The fourth-order valence-electron chi connectivity index (χ4n) is 1.43. The highest BCUT2D eigenvalue weighted by molar-refractivity contribution is 5.70. The van der Waals surface area contributed by atoms with Gasteiger partial charge in [0, 0.05) is 12.1 Å². The monoisotopic (exact) mass is 236 g/mol. The van der Waals surface area contributed by atoms with Gasteiger partial charge < -0.3 is 10.5 Å². The molecule has 0 aliphatic rings. The van der Waals surface area contributed by atoms with Crippen LogP contribution in [-0.4, -0.2) is 16.6 Å². The van der Waals surface area contributed by atoms with E-state index >= 15 is 0 Å². The van der Waals surface area contributed by atoms with Crippen LogP contribution in [0.1, 0.15) is 38.6 Å². The summed E-state index contributed by atoms with van der Waals surface area (Å²) in [6.07, 6.45) is 0.820. The number of nitrogen functional groups attached to an aromatic ring is 1. The minimum atomic E-state index is -0.442. The summed E-state index contributed by atoms with van der Waals surface area (Å²) in [6, 6.07) is 3.67. The SMILES string of the molecule is Cc1ccc(N)c(CCC(=O)OC(C)(C)C)n1. The number of anilines is 1. The Kier molecular flexibility index (Phi) is 4.10. The normalized spacial score (nSPS) is 11.3. The van der Waals surface area contributed by atoms with Crippen LogP contribution in [0.3, 0.4) is 0 Å². The van der Waals surface area contributed by atoms with Crippen LogP contribution >= 0.6 is 0 Å². The van der Waals surface area contributed by atoms with E-state index in [-0.39, 0.29) is 5.97 Å². The van der Waals surface area contributed by atoms with Gasteiger partial charge in [0.2, 0.25) is 0 Å². The van der Waals surface area contributed by atoms with Crippen molar-refractivity contribution in [2.45, 2.75) is 46.1 Å². The number of carbonyl (C=O) groups excluding carboxylic acids is 1. The van der Waals surface area contributed by atoms with Crippen molar-refractivity contribution in [2.75, 3.05) is 5.73 Å². The molecule has 0 saturated carbocycles. The quantitative estimate of drug-likeness (QED) is 0.817. The third-order valence-electron chi connectivity index (χ3n) is 2.13. The lowest BCUT2D eigenvalue weighted by molar-refractivity contribution is -0.154. The van der Waals surface area contributed by atoms with E-state index in [0.29, 0.717) is 18.5 Å². The summed E-state index contributed by atoms with van der Waals surface area (Å²) in [5, 5.41) is 0. The third-order valence-corrected chi connectivity index (χ3v) is 2.13.